The minimum absolute atomic E-state index is 0.121. The Morgan fingerprint density at radius 1 is 1.29 bits per heavy atom. The third kappa shape index (κ3) is 3.19. The predicted octanol–water partition coefficient (Wildman–Crippen LogP) is 2.68. The van der Waals surface area contributed by atoms with E-state index in [9.17, 15) is 9.59 Å². The van der Waals surface area contributed by atoms with E-state index in [1.807, 2.05) is 10.7 Å². The van der Waals surface area contributed by atoms with Gasteiger partial charge in [-0.1, -0.05) is 0 Å². The van der Waals surface area contributed by atoms with Gasteiger partial charge in [0.25, 0.3) is 5.91 Å². The first-order valence-corrected chi connectivity index (χ1v) is 8.75. The molecule has 0 bridgehead atoms. The fourth-order valence-electron chi connectivity index (χ4n) is 3.13. The first kappa shape index (κ1) is 17.0. The van der Waals surface area contributed by atoms with Crippen LogP contribution >= 0.6 is 0 Å². The first-order chi connectivity index (χ1) is 11.2. The number of hydrogen-bond acceptors (Lipinski definition) is 4. The molecule has 0 aromatic carbocycles. The number of methoxy groups -OCH3 is 1. The molecule has 1 atom stereocenters. The largest absolute Gasteiger partial charge is 0.467 e. The molecule has 132 valence electrons. The molecule has 24 heavy (non-hydrogen) atoms. The van der Waals surface area contributed by atoms with Gasteiger partial charge in [0.2, 0.25) is 0 Å². The molecule has 2 aliphatic rings. The summed E-state index contributed by atoms with van der Waals surface area (Å²) in [5.41, 5.74) is 1.40. The van der Waals surface area contributed by atoms with Gasteiger partial charge in [-0.2, -0.15) is 5.10 Å². The number of nitrogens with zero attached hydrogens (tertiary/aromatic N) is 3. The number of esters is 1. The van der Waals surface area contributed by atoms with Gasteiger partial charge < -0.3 is 9.64 Å². The van der Waals surface area contributed by atoms with Gasteiger partial charge in [0, 0.05) is 17.7 Å². The van der Waals surface area contributed by atoms with Crippen LogP contribution in [0.2, 0.25) is 0 Å². The van der Waals surface area contributed by atoms with Gasteiger partial charge in [0.15, 0.2) is 5.69 Å². The maximum Gasteiger partial charge on any atom is 0.328 e. The molecule has 6 nitrogen and oxygen atoms in total. The Morgan fingerprint density at radius 3 is 2.38 bits per heavy atom. The smallest absolute Gasteiger partial charge is 0.328 e. The molecule has 0 saturated heterocycles. The van der Waals surface area contributed by atoms with Crippen molar-refractivity contribution in [3.05, 3.63) is 17.5 Å². The quantitative estimate of drug-likeness (QED) is 0.777. The Morgan fingerprint density at radius 2 is 1.92 bits per heavy atom. The zero-order valence-corrected chi connectivity index (χ0v) is 15.2. The molecule has 6 heteroatoms. The molecule has 1 aromatic rings. The highest BCUT2D eigenvalue weighted by Gasteiger charge is 2.41. The van der Waals surface area contributed by atoms with E-state index in [1.54, 1.807) is 11.8 Å². The number of carbonyl (C=O) groups excluding carboxylic acids is 2. The maximum absolute atomic E-state index is 13.1. The SMILES string of the molecule is COC(=O)[C@H](C)N(C(=O)c1cc(C2CC2)n(C(C)(C)C)n1)C1CC1. The minimum Gasteiger partial charge on any atom is -0.467 e. The number of aromatic nitrogens is 2. The number of ether oxygens (including phenoxy) is 1. The summed E-state index contributed by atoms with van der Waals surface area (Å²) in [4.78, 5) is 26.6. The molecule has 2 saturated carbocycles. The fourth-order valence-corrected chi connectivity index (χ4v) is 3.13. The average Bonchev–Trinajstić information content (AvgIpc) is 3.44. The van der Waals surface area contributed by atoms with Crippen LogP contribution in [0.25, 0.3) is 0 Å². The van der Waals surface area contributed by atoms with Gasteiger partial charge in [-0.15, -0.1) is 0 Å². The van der Waals surface area contributed by atoms with E-state index in [0.29, 0.717) is 11.6 Å². The summed E-state index contributed by atoms with van der Waals surface area (Å²) in [7, 11) is 1.36. The van der Waals surface area contributed by atoms with Crippen molar-refractivity contribution in [2.24, 2.45) is 0 Å². The predicted molar refractivity (Wildman–Crippen MR) is 89.9 cm³/mol. The summed E-state index contributed by atoms with van der Waals surface area (Å²) < 4.78 is 6.81. The zero-order chi connectivity index (χ0) is 17.6. The van der Waals surface area contributed by atoms with E-state index < -0.39 is 6.04 Å². The second kappa shape index (κ2) is 5.90. The first-order valence-electron chi connectivity index (χ1n) is 8.75. The Kier molecular flexibility index (Phi) is 4.18. The Labute approximate surface area is 143 Å². The van der Waals surface area contributed by atoms with Gasteiger partial charge in [-0.3, -0.25) is 9.48 Å². The number of hydrogen-bond donors (Lipinski definition) is 0. The summed E-state index contributed by atoms with van der Waals surface area (Å²) in [6.07, 6.45) is 4.17. The molecule has 2 fully saturated rings. The number of amides is 1. The van der Waals surface area contributed by atoms with Crippen molar-refractivity contribution in [2.45, 2.75) is 76.9 Å². The van der Waals surface area contributed by atoms with Gasteiger partial charge in [0.05, 0.1) is 12.6 Å². The lowest BCUT2D eigenvalue weighted by molar-refractivity contribution is -0.145. The molecule has 1 heterocycles. The minimum atomic E-state index is -0.584. The Hall–Kier alpha value is -1.85. The van der Waals surface area contributed by atoms with Crippen LogP contribution < -0.4 is 0 Å². The number of carbonyl (C=O) groups is 2. The highest BCUT2D eigenvalue weighted by atomic mass is 16.5. The van der Waals surface area contributed by atoms with E-state index in [1.165, 1.54) is 7.11 Å². The van der Waals surface area contributed by atoms with Crippen molar-refractivity contribution in [1.29, 1.82) is 0 Å². The number of rotatable bonds is 5. The second-order valence-electron chi connectivity index (χ2n) is 7.95. The molecule has 0 radical (unpaired) electrons. The lowest BCUT2D eigenvalue weighted by Crippen LogP contribution is -2.45. The van der Waals surface area contributed by atoms with Crippen molar-refractivity contribution in [2.75, 3.05) is 7.11 Å². The molecule has 0 spiro atoms. The van der Waals surface area contributed by atoms with Crippen LogP contribution in [0, 0.1) is 0 Å². The Bertz CT molecular complexity index is 651. The van der Waals surface area contributed by atoms with Crippen LogP contribution in [0.5, 0.6) is 0 Å². The standard InChI is InChI=1S/C18H27N3O3/c1-11(17(23)24-5)20(13-8-9-13)16(22)14-10-15(12-6-7-12)21(19-14)18(2,3)4/h10-13H,6-9H2,1-5H3/t11-/m0/s1. The Balaban J connectivity index is 1.92. The van der Waals surface area contributed by atoms with Crippen LogP contribution in [-0.2, 0) is 15.1 Å². The van der Waals surface area contributed by atoms with Crippen molar-refractivity contribution in [3.63, 3.8) is 0 Å². The van der Waals surface area contributed by atoms with Crippen molar-refractivity contribution in [1.82, 2.24) is 14.7 Å². The molecule has 0 unspecified atom stereocenters. The summed E-state index contributed by atoms with van der Waals surface area (Å²) >= 11 is 0. The van der Waals surface area contributed by atoms with E-state index in [4.69, 9.17) is 4.74 Å². The van der Waals surface area contributed by atoms with Crippen LogP contribution in [0.3, 0.4) is 0 Å². The van der Waals surface area contributed by atoms with Gasteiger partial charge in [-0.05, 0) is 59.4 Å². The molecule has 1 amide bonds. The van der Waals surface area contributed by atoms with Crippen LogP contribution in [0.15, 0.2) is 6.07 Å². The van der Waals surface area contributed by atoms with Crippen molar-refractivity contribution >= 4 is 11.9 Å². The van der Waals surface area contributed by atoms with E-state index in [-0.39, 0.29) is 23.5 Å². The lowest BCUT2D eigenvalue weighted by Gasteiger charge is -2.26. The topological polar surface area (TPSA) is 64.4 Å². The highest BCUT2D eigenvalue weighted by molar-refractivity contribution is 5.95. The average molecular weight is 333 g/mol. The van der Waals surface area contributed by atoms with Gasteiger partial charge in [-0.25, -0.2) is 4.79 Å². The monoisotopic (exact) mass is 333 g/mol. The van der Waals surface area contributed by atoms with Crippen LogP contribution in [0.1, 0.15) is 75.5 Å². The third-order valence-corrected chi connectivity index (χ3v) is 4.72. The molecule has 0 N–H and O–H groups in total. The summed E-state index contributed by atoms with van der Waals surface area (Å²) in [6.45, 7) is 8.01. The lowest BCUT2D eigenvalue weighted by atomic mass is 10.1. The maximum atomic E-state index is 13.1. The summed E-state index contributed by atoms with van der Waals surface area (Å²) in [6, 6.07) is 1.46. The van der Waals surface area contributed by atoms with Gasteiger partial charge in [0.1, 0.15) is 6.04 Å². The normalized spacial score (nSPS) is 19.0. The van der Waals surface area contributed by atoms with Crippen LogP contribution in [-0.4, -0.2) is 45.8 Å². The molecular weight excluding hydrogens is 306 g/mol. The van der Waals surface area contributed by atoms with Crippen molar-refractivity contribution in [3.8, 4) is 0 Å². The van der Waals surface area contributed by atoms with E-state index in [0.717, 1.165) is 31.4 Å². The summed E-state index contributed by atoms with van der Waals surface area (Å²) in [5.74, 6) is -0.0427. The van der Waals surface area contributed by atoms with Crippen LogP contribution in [0.4, 0.5) is 0 Å². The second-order valence-corrected chi connectivity index (χ2v) is 7.95. The molecule has 1 aromatic heterocycles. The van der Waals surface area contributed by atoms with E-state index in [2.05, 4.69) is 25.9 Å². The molecular formula is C18H27N3O3. The molecule has 0 aliphatic heterocycles. The molecule has 2 aliphatic carbocycles. The fraction of sp³-hybridized carbons (Fsp3) is 0.722. The zero-order valence-electron chi connectivity index (χ0n) is 15.2. The van der Waals surface area contributed by atoms with Crippen molar-refractivity contribution < 1.29 is 14.3 Å². The van der Waals surface area contributed by atoms with E-state index >= 15 is 0 Å². The highest BCUT2D eigenvalue weighted by Crippen LogP contribution is 2.42. The molecule has 3 rings (SSSR count). The third-order valence-electron chi connectivity index (χ3n) is 4.72. The summed E-state index contributed by atoms with van der Waals surface area (Å²) in [5, 5.41) is 4.61. The van der Waals surface area contributed by atoms with Gasteiger partial charge >= 0.3 is 5.97 Å².